The topological polar surface area (TPSA) is 164 Å². The molecule has 4 rings (SSSR count). The molecule has 10 nitrogen and oxygen atoms in total. The van der Waals surface area contributed by atoms with E-state index in [-0.39, 0.29) is 18.8 Å². The number of ether oxygens (including phenoxy) is 2. The van der Waals surface area contributed by atoms with Crippen molar-refractivity contribution in [2.45, 2.75) is 51.9 Å². The SMILES string of the molecule is CC(=O)O[C@@H]1C[C@H]2[C@@H](C=C[C@H]3C[C@@H](/C=C/C=C/C=C/C(=O)O)[C@@]4(C(=O)O[C@@H](CO)C4=O)C(=O)[C@@]32C)[C@H](O)[C@H]1C. The molecule has 1 saturated heterocycles. The summed E-state index contributed by atoms with van der Waals surface area (Å²) in [7, 11) is 0. The maximum Gasteiger partial charge on any atom is 0.328 e. The van der Waals surface area contributed by atoms with Crippen LogP contribution in [0.3, 0.4) is 0 Å². The highest BCUT2D eigenvalue weighted by Gasteiger charge is 2.74. The van der Waals surface area contributed by atoms with E-state index in [1.165, 1.54) is 25.2 Å². The van der Waals surface area contributed by atoms with Crippen molar-refractivity contribution in [1.82, 2.24) is 0 Å². The van der Waals surface area contributed by atoms with Crippen LogP contribution in [0.25, 0.3) is 0 Å². The van der Waals surface area contributed by atoms with Crippen molar-refractivity contribution in [3.05, 3.63) is 48.6 Å². The molecule has 0 amide bonds. The lowest BCUT2D eigenvalue weighted by atomic mass is 9.43. The van der Waals surface area contributed by atoms with Gasteiger partial charge in [-0.05, 0) is 24.7 Å². The fourth-order valence-electron chi connectivity index (χ4n) is 7.11. The zero-order valence-electron chi connectivity index (χ0n) is 22.1. The van der Waals surface area contributed by atoms with Gasteiger partial charge in [0, 0.05) is 36.2 Å². The van der Waals surface area contributed by atoms with Gasteiger partial charge in [-0.3, -0.25) is 19.2 Å². The Hall–Kier alpha value is -3.37. The van der Waals surface area contributed by atoms with Gasteiger partial charge in [-0.15, -0.1) is 0 Å². The molecule has 1 aliphatic heterocycles. The molecule has 3 aliphatic carbocycles. The molecule has 0 aromatic carbocycles. The average Bonchev–Trinajstić information content (AvgIpc) is 3.13. The Morgan fingerprint density at radius 2 is 1.82 bits per heavy atom. The van der Waals surface area contributed by atoms with E-state index in [1.54, 1.807) is 26.0 Å². The standard InChI is InChI=1S/C29H34O10/c1-15-21(38-16(2)31)13-20-19(24(15)34)11-10-17-12-18(8-6-4-5-7-9-23(32)33)29(26(36)28(17,20)3)25(35)22(14-30)39-27(29)37/h4-11,15,17-22,24,30,34H,12-14H2,1-3H3,(H,32,33)/b5-4+,8-6+,9-7+/t15-,17-,18+,19+,20-,21+,22-,24+,28-,29-/m0/s1. The normalized spacial score (nSPS) is 41.8. The van der Waals surface area contributed by atoms with Crippen LogP contribution in [0, 0.1) is 40.4 Å². The molecule has 39 heavy (non-hydrogen) atoms. The van der Waals surface area contributed by atoms with E-state index >= 15 is 0 Å². The van der Waals surface area contributed by atoms with Crippen LogP contribution >= 0.6 is 0 Å². The zero-order chi connectivity index (χ0) is 28.7. The highest BCUT2D eigenvalue weighted by molar-refractivity contribution is 6.28. The number of esters is 2. The number of Topliss-reactive ketones (excluding diaryl/α,β-unsaturated/α-hetero) is 2. The first-order valence-electron chi connectivity index (χ1n) is 13.1. The second-order valence-corrected chi connectivity index (χ2v) is 11.1. The summed E-state index contributed by atoms with van der Waals surface area (Å²) in [6, 6.07) is 0. The number of cyclic esters (lactones) is 1. The van der Waals surface area contributed by atoms with Crippen LogP contribution in [0.2, 0.25) is 0 Å². The highest BCUT2D eigenvalue weighted by atomic mass is 16.6. The van der Waals surface area contributed by atoms with Crippen molar-refractivity contribution in [2.24, 2.45) is 40.4 Å². The quantitative estimate of drug-likeness (QED) is 0.147. The van der Waals surface area contributed by atoms with E-state index in [0.717, 1.165) is 6.08 Å². The lowest BCUT2D eigenvalue weighted by Gasteiger charge is -2.58. The molecule has 10 heteroatoms. The number of carboxylic acid groups (broad SMARTS) is 1. The predicted molar refractivity (Wildman–Crippen MR) is 136 cm³/mol. The molecule has 4 aliphatic rings. The number of fused-ring (bicyclic) bond motifs is 3. The fourth-order valence-corrected chi connectivity index (χ4v) is 7.11. The van der Waals surface area contributed by atoms with Crippen molar-refractivity contribution in [1.29, 1.82) is 0 Å². The minimum absolute atomic E-state index is 0.236. The second kappa shape index (κ2) is 10.7. The molecule has 10 atom stereocenters. The van der Waals surface area contributed by atoms with Crippen LogP contribution in [0.15, 0.2) is 48.6 Å². The predicted octanol–water partition coefficient (Wildman–Crippen LogP) is 1.56. The van der Waals surface area contributed by atoms with Gasteiger partial charge in [-0.2, -0.15) is 0 Å². The van der Waals surface area contributed by atoms with Crippen LogP contribution < -0.4 is 0 Å². The maximum atomic E-state index is 14.6. The number of carboxylic acids is 1. The third-order valence-corrected chi connectivity index (χ3v) is 9.14. The largest absolute Gasteiger partial charge is 0.478 e. The van der Waals surface area contributed by atoms with Gasteiger partial charge < -0.3 is 24.8 Å². The molecular formula is C29H34O10. The summed E-state index contributed by atoms with van der Waals surface area (Å²) in [6.07, 6.45) is 9.58. The lowest BCUT2D eigenvalue weighted by Crippen LogP contribution is -2.66. The fraction of sp³-hybridized carbons (Fsp3) is 0.552. The van der Waals surface area contributed by atoms with Gasteiger partial charge in [0.2, 0.25) is 5.78 Å². The minimum atomic E-state index is -2.18. The van der Waals surface area contributed by atoms with E-state index in [2.05, 4.69) is 0 Å². The lowest BCUT2D eigenvalue weighted by molar-refractivity contribution is -0.180. The number of rotatable bonds is 6. The summed E-state index contributed by atoms with van der Waals surface area (Å²) in [5, 5.41) is 29.6. The summed E-state index contributed by atoms with van der Waals surface area (Å²) in [4.78, 5) is 64.2. The van der Waals surface area contributed by atoms with Crippen molar-refractivity contribution >= 4 is 29.5 Å². The molecule has 3 N–H and O–H groups in total. The van der Waals surface area contributed by atoms with Gasteiger partial charge in [0.1, 0.15) is 6.10 Å². The number of aliphatic hydroxyl groups excluding tert-OH is 2. The van der Waals surface area contributed by atoms with Crippen LogP contribution in [0.1, 0.15) is 33.6 Å². The van der Waals surface area contributed by atoms with Crippen LogP contribution in [0.5, 0.6) is 0 Å². The number of allylic oxidation sites excluding steroid dienone is 6. The smallest absolute Gasteiger partial charge is 0.328 e. The number of carbonyl (C=O) groups is 5. The zero-order valence-corrected chi connectivity index (χ0v) is 22.1. The van der Waals surface area contributed by atoms with E-state index in [0.29, 0.717) is 0 Å². The first-order chi connectivity index (χ1) is 18.4. The Morgan fingerprint density at radius 1 is 1.13 bits per heavy atom. The van der Waals surface area contributed by atoms with Gasteiger partial charge >= 0.3 is 17.9 Å². The second-order valence-electron chi connectivity index (χ2n) is 11.1. The van der Waals surface area contributed by atoms with Gasteiger partial charge in [0.05, 0.1) is 12.7 Å². The molecule has 0 bridgehead atoms. The first-order valence-corrected chi connectivity index (χ1v) is 13.1. The van der Waals surface area contributed by atoms with Gasteiger partial charge in [-0.25, -0.2) is 4.79 Å². The summed E-state index contributed by atoms with van der Waals surface area (Å²) in [6.45, 7) is 4.01. The molecule has 0 unspecified atom stereocenters. The number of ketones is 2. The van der Waals surface area contributed by atoms with Gasteiger partial charge in [0.15, 0.2) is 17.3 Å². The van der Waals surface area contributed by atoms with E-state index in [1.807, 2.05) is 12.2 Å². The van der Waals surface area contributed by atoms with Gasteiger partial charge in [-0.1, -0.05) is 56.4 Å². The molecular weight excluding hydrogens is 508 g/mol. The molecule has 2 saturated carbocycles. The molecule has 0 aromatic rings. The number of hydrogen-bond donors (Lipinski definition) is 3. The van der Waals surface area contributed by atoms with Crippen LogP contribution in [-0.2, 0) is 33.4 Å². The highest BCUT2D eigenvalue weighted by Crippen LogP contribution is 2.62. The van der Waals surface area contributed by atoms with E-state index in [9.17, 15) is 34.2 Å². The van der Waals surface area contributed by atoms with Crippen molar-refractivity contribution in [3.8, 4) is 0 Å². The molecule has 1 heterocycles. The number of aliphatic hydroxyl groups is 2. The van der Waals surface area contributed by atoms with Gasteiger partial charge in [0.25, 0.3) is 0 Å². The van der Waals surface area contributed by atoms with E-state index in [4.69, 9.17) is 14.6 Å². The Balaban J connectivity index is 1.78. The number of hydrogen-bond acceptors (Lipinski definition) is 9. The molecule has 0 aromatic heterocycles. The van der Waals surface area contributed by atoms with E-state index < -0.39 is 88.9 Å². The number of aliphatic carboxylic acids is 1. The van der Waals surface area contributed by atoms with Crippen molar-refractivity contribution in [3.63, 3.8) is 0 Å². The molecule has 210 valence electrons. The monoisotopic (exact) mass is 542 g/mol. The molecule has 0 radical (unpaired) electrons. The third kappa shape index (κ3) is 4.49. The first kappa shape index (κ1) is 28.6. The summed E-state index contributed by atoms with van der Waals surface area (Å²) in [5.41, 5.74) is -3.44. The Kier molecular flexibility index (Phi) is 7.82. The summed E-state index contributed by atoms with van der Waals surface area (Å²) >= 11 is 0. The Morgan fingerprint density at radius 3 is 2.44 bits per heavy atom. The third-order valence-electron chi connectivity index (χ3n) is 9.14. The van der Waals surface area contributed by atoms with Crippen LogP contribution in [0.4, 0.5) is 0 Å². The molecule has 3 fully saturated rings. The minimum Gasteiger partial charge on any atom is -0.478 e. The average molecular weight is 543 g/mol. The maximum absolute atomic E-state index is 14.6. The molecule has 1 spiro atoms. The number of carbonyl (C=O) groups excluding carboxylic acids is 4. The summed E-state index contributed by atoms with van der Waals surface area (Å²) in [5.74, 6) is -6.68. The van der Waals surface area contributed by atoms with Crippen LogP contribution in [-0.4, -0.2) is 69.7 Å². The van der Waals surface area contributed by atoms with Crippen molar-refractivity contribution < 1.29 is 48.8 Å². The summed E-state index contributed by atoms with van der Waals surface area (Å²) < 4.78 is 10.7. The van der Waals surface area contributed by atoms with Crippen molar-refractivity contribution in [2.75, 3.05) is 6.61 Å². The Labute approximate surface area is 226 Å². The Bertz CT molecular complexity index is 1180.